The Kier molecular flexibility index (Phi) is 19.6. The third kappa shape index (κ3) is 13.8. The fourth-order valence-electron chi connectivity index (χ4n) is 5.85. The number of nitrogens with zero attached hydrogens (tertiary/aromatic N) is 4. The van der Waals surface area contributed by atoms with Crippen molar-refractivity contribution in [2.24, 2.45) is 16.8 Å². The molecule has 1 unspecified atom stereocenters. The van der Waals surface area contributed by atoms with Crippen LogP contribution in [0, 0.1) is 18.8 Å². The molecule has 2 N–H and O–H groups in total. The molecular formula is C40H60ClF4N5O2. The number of aromatic nitrogens is 1. The lowest BCUT2D eigenvalue weighted by molar-refractivity contribution is -0.138. The summed E-state index contributed by atoms with van der Waals surface area (Å²) >= 11 is 6.60. The number of nitrogens with two attached hydrogens (primary N) is 1. The van der Waals surface area contributed by atoms with Crippen molar-refractivity contribution in [3.05, 3.63) is 75.7 Å². The number of nitrogen functional groups attached to an aromatic ring is 1. The number of hydrogen-bond donors (Lipinski definition) is 1. The van der Waals surface area contributed by atoms with Gasteiger partial charge in [-0.05, 0) is 115 Å². The fourth-order valence-corrected chi connectivity index (χ4v) is 6.14. The van der Waals surface area contributed by atoms with Crippen molar-refractivity contribution in [1.82, 2.24) is 14.8 Å². The van der Waals surface area contributed by atoms with Crippen LogP contribution in [0.25, 0.3) is 5.57 Å². The minimum absolute atomic E-state index is 0.0185. The molecule has 12 heteroatoms. The van der Waals surface area contributed by atoms with Crippen molar-refractivity contribution in [1.29, 1.82) is 0 Å². The van der Waals surface area contributed by atoms with Crippen LogP contribution >= 0.6 is 11.6 Å². The average Bonchev–Trinajstić information content (AvgIpc) is 3.55. The van der Waals surface area contributed by atoms with Gasteiger partial charge in [0, 0.05) is 24.4 Å². The van der Waals surface area contributed by atoms with Crippen LogP contribution in [0.4, 0.5) is 23.4 Å². The number of rotatable bonds is 12. The molecule has 2 heterocycles. The van der Waals surface area contributed by atoms with Crippen molar-refractivity contribution in [2.75, 3.05) is 40.0 Å². The number of pyridine rings is 1. The lowest BCUT2D eigenvalue weighted by atomic mass is 9.89. The summed E-state index contributed by atoms with van der Waals surface area (Å²) in [6.45, 7) is 20.9. The molecule has 0 amide bonds. The highest BCUT2D eigenvalue weighted by molar-refractivity contribution is 6.41. The molecule has 0 aromatic carbocycles. The van der Waals surface area contributed by atoms with E-state index in [1.54, 1.807) is 6.08 Å². The van der Waals surface area contributed by atoms with Crippen LogP contribution in [-0.2, 0) is 15.7 Å². The molecule has 1 aromatic heterocycles. The van der Waals surface area contributed by atoms with E-state index in [9.17, 15) is 18.0 Å². The van der Waals surface area contributed by atoms with Crippen molar-refractivity contribution >= 4 is 34.5 Å². The Labute approximate surface area is 314 Å². The highest BCUT2D eigenvalue weighted by Crippen LogP contribution is 2.44. The average molecular weight is 754 g/mol. The molecule has 0 spiro atoms. The molecule has 292 valence electrons. The number of likely N-dealkylation sites (tertiary alicyclic amines) is 1. The van der Waals surface area contributed by atoms with Gasteiger partial charge in [0.2, 0.25) is 5.88 Å². The predicted molar refractivity (Wildman–Crippen MR) is 209 cm³/mol. The van der Waals surface area contributed by atoms with E-state index in [1.165, 1.54) is 59.0 Å². The number of aryl methyl sites for hydroxylation is 1. The van der Waals surface area contributed by atoms with Crippen LogP contribution in [-0.4, -0.2) is 66.6 Å². The van der Waals surface area contributed by atoms with Crippen molar-refractivity contribution in [3.8, 4) is 0 Å². The van der Waals surface area contributed by atoms with Crippen molar-refractivity contribution in [3.63, 3.8) is 0 Å². The molecule has 1 aromatic rings. The second-order valence-electron chi connectivity index (χ2n) is 13.7. The highest BCUT2D eigenvalue weighted by atomic mass is 35.5. The Balaban J connectivity index is 0.00000105. The van der Waals surface area contributed by atoms with Gasteiger partial charge in [0.1, 0.15) is 11.5 Å². The summed E-state index contributed by atoms with van der Waals surface area (Å²) in [7, 11) is 5.51. The summed E-state index contributed by atoms with van der Waals surface area (Å²) in [6, 6.07) is 1.23. The number of hydrogen-bond acceptors (Lipinski definition) is 7. The van der Waals surface area contributed by atoms with E-state index in [1.807, 2.05) is 20.9 Å². The van der Waals surface area contributed by atoms with Gasteiger partial charge in [-0.15, -0.1) is 0 Å². The molecule has 52 heavy (non-hydrogen) atoms. The monoisotopic (exact) mass is 753 g/mol. The number of alkyl halides is 3. The second-order valence-corrected chi connectivity index (χ2v) is 14.1. The standard InChI is InChI=1S/C31H43ClF4N4O.C5H11N.C4H6O/c1-10-12-25(41-9)39-29-21(20(7)40(8)23(17(3)4)14-13-18(5)11-2)16-22(32)26(28(29)33)30-27(31(34,35)36)19(6)15-24(37)38-30;1-6-4-2-3-5-6;1-3-4(2)5/h12,15-18,23H,10-11,13-14H2,1-9H3,(H2,37,38);2-5H2,1H3;3H,1H2,2H3/b21-20+,25-12-,39-29+;;/t18?,23-;;/m1../s1. The Morgan fingerprint density at radius 1 is 1.19 bits per heavy atom. The van der Waals surface area contributed by atoms with Gasteiger partial charge in [0.05, 0.1) is 29.0 Å². The molecule has 1 fully saturated rings. The van der Waals surface area contributed by atoms with Crippen molar-refractivity contribution < 1.29 is 27.1 Å². The summed E-state index contributed by atoms with van der Waals surface area (Å²) < 4.78 is 64.5. The number of allylic oxidation sites excluding steroid dienone is 8. The lowest BCUT2D eigenvalue weighted by Gasteiger charge is -2.36. The number of methoxy groups -OCH3 is 1. The van der Waals surface area contributed by atoms with E-state index in [4.69, 9.17) is 22.1 Å². The smallest absolute Gasteiger partial charge is 0.418 e. The molecule has 1 saturated heterocycles. The van der Waals surface area contributed by atoms with Gasteiger partial charge in [-0.1, -0.05) is 59.2 Å². The summed E-state index contributed by atoms with van der Waals surface area (Å²) in [5.74, 6) is -0.241. The molecule has 0 saturated carbocycles. The summed E-state index contributed by atoms with van der Waals surface area (Å²) in [5, 5.41) is -0.230. The Morgan fingerprint density at radius 2 is 1.77 bits per heavy atom. The maximum atomic E-state index is 16.6. The summed E-state index contributed by atoms with van der Waals surface area (Å²) in [4.78, 5) is 22.5. The number of halogens is 5. The van der Waals surface area contributed by atoms with E-state index in [2.05, 4.69) is 61.1 Å². The van der Waals surface area contributed by atoms with Gasteiger partial charge >= 0.3 is 6.18 Å². The van der Waals surface area contributed by atoms with E-state index >= 15 is 4.39 Å². The van der Waals surface area contributed by atoms with Crippen LogP contribution in [0.1, 0.15) is 104 Å². The molecule has 0 bridgehead atoms. The van der Waals surface area contributed by atoms with Gasteiger partial charge in [-0.2, -0.15) is 13.2 Å². The highest BCUT2D eigenvalue weighted by Gasteiger charge is 2.40. The fraction of sp³-hybridized carbons (Fsp3) is 0.575. The van der Waals surface area contributed by atoms with Crippen LogP contribution in [0.15, 0.2) is 63.9 Å². The Morgan fingerprint density at radius 3 is 2.19 bits per heavy atom. The molecule has 2 aliphatic rings. The predicted octanol–water partition coefficient (Wildman–Crippen LogP) is 10.7. The molecule has 3 rings (SSSR count). The van der Waals surface area contributed by atoms with Gasteiger partial charge in [-0.25, -0.2) is 14.4 Å². The van der Waals surface area contributed by atoms with Crippen LogP contribution in [0.2, 0.25) is 0 Å². The van der Waals surface area contributed by atoms with E-state index < -0.39 is 28.8 Å². The molecule has 0 radical (unpaired) electrons. The first-order chi connectivity index (χ1) is 24.2. The van der Waals surface area contributed by atoms with E-state index in [0.29, 0.717) is 23.6 Å². The normalized spacial score (nSPS) is 18.2. The van der Waals surface area contributed by atoms with Crippen LogP contribution < -0.4 is 5.73 Å². The number of carbonyl (C=O) groups is 1. The Bertz CT molecular complexity index is 1520. The zero-order chi connectivity index (χ0) is 39.9. The first-order valence-electron chi connectivity index (χ1n) is 18.0. The molecular weight excluding hydrogens is 694 g/mol. The number of carbonyl (C=O) groups excluding carboxylic acids is 1. The van der Waals surface area contributed by atoms with E-state index in [-0.39, 0.29) is 45.8 Å². The first-order valence-corrected chi connectivity index (χ1v) is 18.3. The summed E-state index contributed by atoms with van der Waals surface area (Å²) in [5.41, 5.74) is 4.17. The Hall–Kier alpha value is -3.44. The van der Waals surface area contributed by atoms with E-state index in [0.717, 1.165) is 25.3 Å². The number of aliphatic imine (C=N–C) groups is 1. The minimum Gasteiger partial charge on any atom is -0.481 e. The van der Waals surface area contributed by atoms with Gasteiger partial charge in [-0.3, -0.25) is 4.79 Å². The zero-order valence-corrected chi connectivity index (χ0v) is 33.7. The quantitative estimate of drug-likeness (QED) is 0.130. The largest absolute Gasteiger partial charge is 0.481 e. The number of anilines is 1. The topological polar surface area (TPSA) is 84.0 Å². The minimum atomic E-state index is -4.83. The lowest BCUT2D eigenvalue weighted by Crippen LogP contribution is -2.36. The molecule has 1 aliphatic carbocycles. The SMILES string of the molecule is C=CC(C)=O.CC/C=C(/N=C1/C(F)=C(c2nc(N)cc(C)c2C(F)(F)F)C(Cl)=C/C1=C(/C)N(C)[C@H](CCC(C)CC)C(C)C)OC.CN1CCCC1. The van der Waals surface area contributed by atoms with Crippen LogP contribution in [0.3, 0.4) is 0 Å². The number of ketones is 1. The maximum absolute atomic E-state index is 16.6. The summed E-state index contributed by atoms with van der Waals surface area (Å²) in [6.07, 6.45) is 5.95. The maximum Gasteiger partial charge on any atom is 0.418 e. The third-order valence-electron chi connectivity index (χ3n) is 9.21. The van der Waals surface area contributed by atoms with Crippen LogP contribution in [0.5, 0.6) is 0 Å². The second kappa shape index (κ2) is 21.9. The molecule has 1 aliphatic heterocycles. The van der Waals surface area contributed by atoms with Gasteiger partial charge in [0.25, 0.3) is 0 Å². The van der Waals surface area contributed by atoms with Gasteiger partial charge in [0.15, 0.2) is 11.6 Å². The molecule has 7 nitrogen and oxygen atoms in total. The third-order valence-corrected chi connectivity index (χ3v) is 9.51. The molecule has 2 atom stereocenters. The number of ether oxygens (including phenoxy) is 1. The first kappa shape index (κ1) is 46.6. The van der Waals surface area contributed by atoms with Gasteiger partial charge < -0.3 is 20.3 Å². The zero-order valence-electron chi connectivity index (χ0n) is 33.0. The van der Waals surface area contributed by atoms with Crippen molar-refractivity contribution in [2.45, 2.75) is 106 Å².